The number of anilines is 1. The van der Waals surface area contributed by atoms with Crippen LogP contribution in [0.15, 0.2) is 64.1 Å². The van der Waals surface area contributed by atoms with Gasteiger partial charge in [0, 0.05) is 23.2 Å². The molecule has 3 aromatic rings. The first-order valence-electron chi connectivity index (χ1n) is 9.90. The first-order valence-corrected chi connectivity index (χ1v) is 9.90. The van der Waals surface area contributed by atoms with Crippen LogP contribution in [0, 0.1) is 6.92 Å². The minimum atomic E-state index is -0.738. The van der Waals surface area contributed by atoms with E-state index < -0.39 is 6.03 Å². The Hall–Kier alpha value is -4.07. The minimum absolute atomic E-state index is 0.225. The van der Waals surface area contributed by atoms with Gasteiger partial charge in [-0.2, -0.15) is 5.10 Å². The Labute approximate surface area is 179 Å². The van der Waals surface area contributed by atoms with Crippen LogP contribution in [0.2, 0.25) is 0 Å². The summed E-state index contributed by atoms with van der Waals surface area (Å²) in [4.78, 5) is 23.8. The smallest absolute Gasteiger partial charge is 0.332 e. The third kappa shape index (κ3) is 4.58. The van der Waals surface area contributed by atoms with Gasteiger partial charge in [-0.3, -0.25) is 4.79 Å². The van der Waals surface area contributed by atoms with Crippen LogP contribution in [0.5, 0.6) is 11.5 Å². The number of ether oxygens (including phenoxy) is 1. The van der Waals surface area contributed by atoms with Crippen LogP contribution in [-0.4, -0.2) is 17.6 Å². The zero-order valence-corrected chi connectivity index (χ0v) is 17.0. The zero-order chi connectivity index (χ0) is 21.8. The van der Waals surface area contributed by atoms with Gasteiger partial charge in [0.25, 0.3) is 5.91 Å². The number of hydrazone groups is 1. The van der Waals surface area contributed by atoms with Gasteiger partial charge in [-0.15, -0.1) is 0 Å². The number of nitrogens with two attached hydrogens (primary N) is 1. The van der Waals surface area contributed by atoms with Gasteiger partial charge < -0.3 is 20.2 Å². The molecule has 1 aromatic heterocycles. The third-order valence-electron chi connectivity index (χ3n) is 4.92. The third-order valence-corrected chi connectivity index (χ3v) is 4.92. The lowest BCUT2D eigenvalue weighted by Crippen LogP contribution is -2.27. The van der Waals surface area contributed by atoms with Crippen LogP contribution >= 0.6 is 0 Å². The van der Waals surface area contributed by atoms with Crippen LogP contribution in [0.25, 0.3) is 0 Å². The molecule has 0 unspecified atom stereocenters. The van der Waals surface area contributed by atoms with Gasteiger partial charge in [0.15, 0.2) is 5.76 Å². The van der Waals surface area contributed by atoms with Gasteiger partial charge in [0.2, 0.25) is 0 Å². The lowest BCUT2D eigenvalue weighted by molar-refractivity contribution is 0.0994. The molecule has 1 aliphatic carbocycles. The molecule has 1 heterocycles. The Bertz CT molecular complexity index is 1130. The number of hydrogen-bond acceptors (Lipinski definition) is 5. The SMILES string of the molecule is Cc1c(C(=O)Nc2ccc(Oc3ccccc3)cc2)oc2c1/C(=N/NC(N)=O)CCC2. The van der Waals surface area contributed by atoms with Crippen molar-refractivity contribution in [2.24, 2.45) is 10.8 Å². The Kier molecular flexibility index (Phi) is 5.70. The van der Waals surface area contributed by atoms with Crippen molar-refractivity contribution < 1.29 is 18.7 Å². The molecule has 0 radical (unpaired) electrons. The molecule has 8 heteroatoms. The molecule has 4 N–H and O–H groups in total. The molecule has 0 fully saturated rings. The number of carbonyl (C=O) groups excluding carboxylic acids is 2. The average molecular weight is 418 g/mol. The summed E-state index contributed by atoms with van der Waals surface area (Å²) in [6, 6.07) is 15.8. The summed E-state index contributed by atoms with van der Waals surface area (Å²) in [5, 5.41) is 6.92. The molecular formula is C23H22N4O4. The van der Waals surface area contributed by atoms with E-state index in [0.29, 0.717) is 41.3 Å². The van der Waals surface area contributed by atoms with E-state index in [1.165, 1.54) is 0 Å². The van der Waals surface area contributed by atoms with Crippen LogP contribution in [-0.2, 0) is 6.42 Å². The van der Waals surface area contributed by atoms with E-state index in [1.54, 1.807) is 31.2 Å². The van der Waals surface area contributed by atoms with Crippen LogP contribution in [0.4, 0.5) is 10.5 Å². The lowest BCUT2D eigenvalue weighted by Gasteiger charge is -2.13. The van der Waals surface area contributed by atoms with Crippen molar-refractivity contribution >= 4 is 23.3 Å². The van der Waals surface area contributed by atoms with Gasteiger partial charge in [-0.1, -0.05) is 18.2 Å². The number of hydrogen-bond donors (Lipinski definition) is 3. The van der Waals surface area contributed by atoms with E-state index in [-0.39, 0.29) is 11.7 Å². The molecule has 158 valence electrons. The van der Waals surface area contributed by atoms with Crippen LogP contribution in [0.3, 0.4) is 0 Å². The normalized spacial score (nSPS) is 14.0. The summed E-state index contributed by atoms with van der Waals surface area (Å²) in [7, 11) is 0. The number of urea groups is 1. The molecule has 0 saturated carbocycles. The molecular weight excluding hydrogens is 396 g/mol. The molecule has 8 nitrogen and oxygen atoms in total. The maximum Gasteiger partial charge on any atom is 0.332 e. The highest BCUT2D eigenvalue weighted by Crippen LogP contribution is 2.30. The van der Waals surface area contributed by atoms with Gasteiger partial charge in [0.05, 0.1) is 5.71 Å². The average Bonchev–Trinajstić information content (AvgIpc) is 3.12. The van der Waals surface area contributed by atoms with Gasteiger partial charge in [-0.25, -0.2) is 10.2 Å². The highest BCUT2D eigenvalue weighted by Gasteiger charge is 2.28. The highest BCUT2D eigenvalue weighted by atomic mass is 16.5. The minimum Gasteiger partial charge on any atom is -0.457 e. The summed E-state index contributed by atoms with van der Waals surface area (Å²) in [6.45, 7) is 1.80. The van der Waals surface area contributed by atoms with E-state index >= 15 is 0 Å². The fourth-order valence-corrected chi connectivity index (χ4v) is 3.54. The van der Waals surface area contributed by atoms with Crippen LogP contribution < -0.4 is 21.2 Å². The van der Waals surface area contributed by atoms with Gasteiger partial charge in [-0.05, 0) is 56.2 Å². The topological polar surface area (TPSA) is 119 Å². The van der Waals surface area contributed by atoms with Gasteiger partial charge >= 0.3 is 6.03 Å². The lowest BCUT2D eigenvalue weighted by atomic mass is 9.93. The van der Waals surface area contributed by atoms with Crippen LogP contribution in [0.1, 0.15) is 40.3 Å². The fourth-order valence-electron chi connectivity index (χ4n) is 3.54. The van der Waals surface area contributed by atoms with Crippen molar-refractivity contribution in [3.8, 4) is 11.5 Å². The number of para-hydroxylation sites is 1. The molecule has 0 spiro atoms. The number of rotatable bonds is 5. The van der Waals surface area contributed by atoms with Crippen molar-refractivity contribution in [3.63, 3.8) is 0 Å². The second kappa shape index (κ2) is 8.74. The maximum atomic E-state index is 12.8. The fraction of sp³-hybridized carbons (Fsp3) is 0.174. The summed E-state index contributed by atoms with van der Waals surface area (Å²) in [6.07, 6.45) is 2.17. The molecule has 4 rings (SSSR count). The summed E-state index contributed by atoms with van der Waals surface area (Å²) in [5.41, 5.74) is 10.1. The largest absolute Gasteiger partial charge is 0.457 e. The van der Waals surface area contributed by atoms with E-state index in [2.05, 4.69) is 15.8 Å². The summed E-state index contributed by atoms with van der Waals surface area (Å²) < 4.78 is 11.6. The molecule has 1 aliphatic rings. The van der Waals surface area contributed by atoms with Crippen molar-refractivity contribution in [1.29, 1.82) is 0 Å². The number of amides is 3. The Morgan fingerprint density at radius 2 is 1.74 bits per heavy atom. The van der Waals surface area contributed by atoms with Crippen molar-refractivity contribution in [3.05, 3.63) is 77.2 Å². The van der Waals surface area contributed by atoms with E-state index in [9.17, 15) is 9.59 Å². The quantitative estimate of drug-likeness (QED) is 0.534. The molecule has 31 heavy (non-hydrogen) atoms. The van der Waals surface area contributed by atoms with Crippen molar-refractivity contribution in [2.45, 2.75) is 26.2 Å². The first-order chi connectivity index (χ1) is 15.0. The second-order valence-electron chi connectivity index (χ2n) is 7.14. The highest BCUT2D eigenvalue weighted by molar-refractivity contribution is 6.09. The zero-order valence-electron chi connectivity index (χ0n) is 17.0. The molecule has 0 bridgehead atoms. The maximum absolute atomic E-state index is 12.8. The number of benzene rings is 2. The summed E-state index contributed by atoms with van der Waals surface area (Å²) in [5.74, 6) is 1.95. The molecule has 0 atom stereocenters. The number of nitrogens with zero attached hydrogens (tertiary/aromatic N) is 1. The predicted octanol–water partition coefficient (Wildman–Crippen LogP) is 4.34. The van der Waals surface area contributed by atoms with E-state index in [1.807, 2.05) is 30.3 Å². The molecule has 3 amide bonds. The number of carbonyl (C=O) groups is 2. The van der Waals surface area contributed by atoms with Crippen molar-refractivity contribution in [1.82, 2.24) is 5.43 Å². The molecule has 0 aliphatic heterocycles. The monoisotopic (exact) mass is 418 g/mol. The Morgan fingerprint density at radius 1 is 1.03 bits per heavy atom. The second-order valence-corrected chi connectivity index (χ2v) is 7.14. The standard InChI is InChI=1S/C23H22N4O4/c1-14-20-18(26-27-23(24)29)8-5-9-19(20)31-21(14)22(28)25-15-10-12-17(13-11-15)30-16-6-3-2-4-7-16/h2-4,6-7,10-13H,5,8-9H2,1H3,(H,25,28)(H3,24,27,29)/b26-18+. The first kappa shape index (κ1) is 20.2. The van der Waals surface area contributed by atoms with Gasteiger partial charge in [0.1, 0.15) is 17.3 Å². The Morgan fingerprint density at radius 3 is 2.45 bits per heavy atom. The predicted molar refractivity (Wildman–Crippen MR) is 117 cm³/mol. The molecule has 0 saturated heterocycles. The van der Waals surface area contributed by atoms with Crippen molar-refractivity contribution in [2.75, 3.05) is 5.32 Å². The number of aryl methyl sites for hydroxylation is 1. The van der Waals surface area contributed by atoms with E-state index in [4.69, 9.17) is 14.9 Å². The Balaban J connectivity index is 1.49. The summed E-state index contributed by atoms with van der Waals surface area (Å²) >= 11 is 0. The number of fused-ring (bicyclic) bond motifs is 1. The van der Waals surface area contributed by atoms with E-state index in [0.717, 1.165) is 17.7 Å². The number of nitrogens with one attached hydrogen (secondary N) is 2. The number of primary amides is 1. The molecule has 2 aromatic carbocycles. The number of furan rings is 1.